The van der Waals surface area contributed by atoms with Crippen LogP contribution in [0.15, 0.2) is 5.38 Å². The van der Waals surface area contributed by atoms with Crippen molar-refractivity contribution in [2.45, 2.75) is 33.6 Å². The van der Waals surface area contributed by atoms with E-state index in [1.54, 1.807) is 6.92 Å². The van der Waals surface area contributed by atoms with Crippen LogP contribution in [0, 0.1) is 17.2 Å². The van der Waals surface area contributed by atoms with Gasteiger partial charge in [-0.3, -0.25) is 4.79 Å². The molecule has 0 bridgehead atoms. The van der Waals surface area contributed by atoms with Gasteiger partial charge in [-0.1, -0.05) is 13.8 Å². The highest BCUT2D eigenvalue weighted by atomic mass is 32.1. The number of thiazole rings is 1. The molecule has 20 heavy (non-hydrogen) atoms. The number of aromatic nitrogens is 1. The van der Waals surface area contributed by atoms with Gasteiger partial charge in [-0.25, -0.2) is 4.98 Å². The van der Waals surface area contributed by atoms with Crippen molar-refractivity contribution in [3.8, 4) is 6.07 Å². The zero-order chi connectivity index (χ0) is 15.0. The monoisotopic (exact) mass is 295 g/mol. The first-order chi connectivity index (χ1) is 9.56. The molecule has 0 aromatic carbocycles. The molecule has 0 spiro atoms. The highest BCUT2D eigenvalue weighted by Crippen LogP contribution is 2.22. The van der Waals surface area contributed by atoms with Crippen LogP contribution in [-0.4, -0.2) is 30.6 Å². The second-order valence-electron chi connectivity index (χ2n) is 4.85. The maximum absolute atomic E-state index is 11.4. The Bertz CT molecular complexity index is 465. The molecule has 1 aromatic rings. The van der Waals surface area contributed by atoms with Crippen molar-refractivity contribution in [1.29, 1.82) is 5.26 Å². The SMILES string of the molecule is CCOC(=O)Cc1csc(N(CCC#N)CC(C)C)n1. The molecule has 0 radical (unpaired) electrons. The van der Waals surface area contributed by atoms with E-state index in [0.29, 0.717) is 25.5 Å². The van der Waals surface area contributed by atoms with Gasteiger partial charge in [0.15, 0.2) is 5.13 Å². The molecule has 0 aliphatic rings. The average molecular weight is 295 g/mol. The third-order valence-electron chi connectivity index (χ3n) is 2.52. The first kappa shape index (κ1) is 16.4. The summed E-state index contributed by atoms with van der Waals surface area (Å²) in [5.74, 6) is 0.239. The Morgan fingerprint density at radius 2 is 2.35 bits per heavy atom. The molecule has 0 amide bonds. The van der Waals surface area contributed by atoms with Crippen LogP contribution in [0.5, 0.6) is 0 Å². The number of hydrogen-bond acceptors (Lipinski definition) is 6. The van der Waals surface area contributed by atoms with Crippen LogP contribution in [-0.2, 0) is 16.0 Å². The zero-order valence-electron chi connectivity index (χ0n) is 12.3. The molecule has 0 N–H and O–H groups in total. The predicted molar refractivity (Wildman–Crippen MR) is 79.7 cm³/mol. The second-order valence-corrected chi connectivity index (χ2v) is 5.69. The van der Waals surface area contributed by atoms with Crippen molar-refractivity contribution in [3.05, 3.63) is 11.1 Å². The highest BCUT2D eigenvalue weighted by Gasteiger charge is 2.14. The minimum absolute atomic E-state index is 0.206. The van der Waals surface area contributed by atoms with E-state index < -0.39 is 0 Å². The Morgan fingerprint density at radius 1 is 1.60 bits per heavy atom. The van der Waals surface area contributed by atoms with Crippen LogP contribution in [0.3, 0.4) is 0 Å². The third-order valence-corrected chi connectivity index (χ3v) is 3.47. The third kappa shape index (κ3) is 5.57. The molecule has 0 fully saturated rings. The lowest BCUT2D eigenvalue weighted by atomic mass is 10.2. The lowest BCUT2D eigenvalue weighted by Crippen LogP contribution is -2.28. The second kappa shape index (κ2) is 8.54. The number of esters is 1. The van der Waals surface area contributed by atoms with Gasteiger partial charge in [0.2, 0.25) is 0 Å². The van der Waals surface area contributed by atoms with Crippen LogP contribution in [0.25, 0.3) is 0 Å². The molecule has 0 aliphatic carbocycles. The number of nitrogens with zero attached hydrogens (tertiary/aromatic N) is 3. The molecule has 0 saturated heterocycles. The fourth-order valence-corrected chi connectivity index (χ4v) is 2.64. The summed E-state index contributed by atoms with van der Waals surface area (Å²) in [4.78, 5) is 18.0. The van der Waals surface area contributed by atoms with Gasteiger partial charge in [-0.05, 0) is 12.8 Å². The quantitative estimate of drug-likeness (QED) is 0.690. The van der Waals surface area contributed by atoms with Gasteiger partial charge in [0.05, 0.1) is 31.2 Å². The topological polar surface area (TPSA) is 66.2 Å². The van der Waals surface area contributed by atoms with Crippen molar-refractivity contribution < 1.29 is 9.53 Å². The maximum Gasteiger partial charge on any atom is 0.311 e. The van der Waals surface area contributed by atoms with Crippen LogP contribution < -0.4 is 4.90 Å². The van der Waals surface area contributed by atoms with Gasteiger partial charge in [0.25, 0.3) is 0 Å². The van der Waals surface area contributed by atoms with E-state index in [1.807, 2.05) is 5.38 Å². The summed E-state index contributed by atoms with van der Waals surface area (Å²) < 4.78 is 4.91. The normalized spacial score (nSPS) is 10.3. The summed E-state index contributed by atoms with van der Waals surface area (Å²) in [5, 5.41) is 11.5. The fourth-order valence-electron chi connectivity index (χ4n) is 1.77. The number of rotatable bonds is 8. The van der Waals surface area contributed by atoms with E-state index in [9.17, 15) is 4.79 Å². The summed E-state index contributed by atoms with van der Waals surface area (Å²) in [6.45, 7) is 7.96. The Kier molecular flexibility index (Phi) is 7.02. The number of nitriles is 1. The largest absolute Gasteiger partial charge is 0.466 e. The van der Waals surface area contributed by atoms with Gasteiger partial charge in [0, 0.05) is 18.5 Å². The van der Waals surface area contributed by atoms with Crippen molar-refractivity contribution in [1.82, 2.24) is 4.98 Å². The van der Waals surface area contributed by atoms with Crippen molar-refractivity contribution in [2.75, 3.05) is 24.6 Å². The van der Waals surface area contributed by atoms with Crippen LogP contribution in [0.4, 0.5) is 5.13 Å². The van der Waals surface area contributed by atoms with Gasteiger partial charge >= 0.3 is 5.97 Å². The summed E-state index contributed by atoms with van der Waals surface area (Å²) in [5.41, 5.74) is 0.731. The van der Waals surface area contributed by atoms with Crippen molar-refractivity contribution >= 4 is 22.4 Å². The Hall–Kier alpha value is -1.61. The zero-order valence-corrected chi connectivity index (χ0v) is 13.1. The number of anilines is 1. The van der Waals surface area contributed by atoms with Crippen molar-refractivity contribution in [2.24, 2.45) is 5.92 Å². The molecule has 1 aromatic heterocycles. The van der Waals surface area contributed by atoms with Gasteiger partial charge in [-0.2, -0.15) is 5.26 Å². The van der Waals surface area contributed by atoms with Crippen LogP contribution >= 0.6 is 11.3 Å². The number of ether oxygens (including phenoxy) is 1. The van der Waals surface area contributed by atoms with E-state index in [1.165, 1.54) is 11.3 Å². The lowest BCUT2D eigenvalue weighted by molar-refractivity contribution is -0.142. The van der Waals surface area contributed by atoms with E-state index in [0.717, 1.165) is 17.4 Å². The van der Waals surface area contributed by atoms with Gasteiger partial charge in [-0.15, -0.1) is 11.3 Å². The van der Waals surface area contributed by atoms with Crippen LogP contribution in [0.1, 0.15) is 32.9 Å². The van der Waals surface area contributed by atoms with E-state index in [2.05, 4.69) is 29.8 Å². The minimum Gasteiger partial charge on any atom is -0.466 e. The first-order valence-electron chi connectivity index (χ1n) is 6.78. The maximum atomic E-state index is 11.4. The molecule has 0 saturated carbocycles. The molecular weight excluding hydrogens is 274 g/mol. The fraction of sp³-hybridized carbons (Fsp3) is 0.643. The molecule has 5 nitrogen and oxygen atoms in total. The first-order valence-corrected chi connectivity index (χ1v) is 7.66. The molecule has 6 heteroatoms. The van der Waals surface area contributed by atoms with Crippen LogP contribution in [0.2, 0.25) is 0 Å². The summed E-state index contributed by atoms with van der Waals surface area (Å²) >= 11 is 1.51. The molecule has 0 unspecified atom stereocenters. The number of carbonyl (C=O) groups excluding carboxylic acids is 1. The highest BCUT2D eigenvalue weighted by molar-refractivity contribution is 7.13. The molecule has 0 atom stereocenters. The molecular formula is C14H21N3O2S. The van der Waals surface area contributed by atoms with Crippen molar-refractivity contribution in [3.63, 3.8) is 0 Å². The smallest absolute Gasteiger partial charge is 0.311 e. The average Bonchev–Trinajstić information content (AvgIpc) is 2.82. The Balaban J connectivity index is 2.69. The Morgan fingerprint density at radius 3 is 2.95 bits per heavy atom. The molecule has 1 rings (SSSR count). The summed E-state index contributed by atoms with van der Waals surface area (Å²) in [6, 6.07) is 2.16. The minimum atomic E-state index is -0.253. The molecule has 0 aliphatic heterocycles. The molecule has 1 heterocycles. The predicted octanol–water partition coefficient (Wildman–Crippen LogP) is 2.62. The standard InChI is InChI=1S/C14H21N3O2S/c1-4-19-13(18)8-12-10-20-14(16-12)17(7-5-6-15)9-11(2)3/h10-11H,4-5,7-9H2,1-3H3. The van der Waals surface area contributed by atoms with Gasteiger partial charge < -0.3 is 9.64 Å². The van der Waals surface area contributed by atoms with E-state index >= 15 is 0 Å². The van der Waals surface area contributed by atoms with E-state index in [-0.39, 0.29) is 12.4 Å². The lowest BCUT2D eigenvalue weighted by Gasteiger charge is -2.22. The molecule has 110 valence electrons. The summed E-state index contributed by atoms with van der Waals surface area (Å²) in [6.07, 6.45) is 0.678. The number of hydrogen-bond donors (Lipinski definition) is 0. The Labute approximate surface area is 124 Å². The van der Waals surface area contributed by atoms with Gasteiger partial charge in [0.1, 0.15) is 0 Å². The van der Waals surface area contributed by atoms with E-state index in [4.69, 9.17) is 10.00 Å². The number of carbonyl (C=O) groups is 1. The summed E-state index contributed by atoms with van der Waals surface area (Å²) in [7, 11) is 0.